The molecule has 0 saturated carbocycles. The van der Waals surface area contributed by atoms with Crippen LogP contribution in [0.4, 0.5) is 5.69 Å². The number of nitro groups is 1. The van der Waals surface area contributed by atoms with E-state index in [1.165, 1.54) is 12.1 Å². The number of nitro benzene ring substituents is 1. The van der Waals surface area contributed by atoms with Gasteiger partial charge in [-0.1, -0.05) is 42.5 Å². The quantitative estimate of drug-likeness (QED) is 0.507. The summed E-state index contributed by atoms with van der Waals surface area (Å²) in [5.41, 5.74) is 4.95. The van der Waals surface area contributed by atoms with E-state index in [1.54, 1.807) is 18.3 Å². The Labute approximate surface area is 110 Å². The third-order valence-electron chi connectivity index (χ3n) is 2.53. The first kappa shape index (κ1) is 12.8. The van der Waals surface area contributed by atoms with E-state index >= 15 is 0 Å². The maximum absolute atomic E-state index is 10.5. The van der Waals surface area contributed by atoms with Crippen LogP contribution in [0.25, 0.3) is 0 Å². The topological polar surface area (TPSA) is 67.5 Å². The Morgan fingerprint density at radius 3 is 2.42 bits per heavy atom. The summed E-state index contributed by atoms with van der Waals surface area (Å²) in [6, 6.07) is 16.1. The molecule has 0 heterocycles. The molecule has 2 aromatic carbocycles. The molecule has 0 spiro atoms. The van der Waals surface area contributed by atoms with Crippen molar-refractivity contribution in [2.45, 2.75) is 6.54 Å². The van der Waals surface area contributed by atoms with Gasteiger partial charge in [0.05, 0.1) is 17.7 Å². The van der Waals surface area contributed by atoms with E-state index in [0.717, 1.165) is 11.1 Å². The van der Waals surface area contributed by atoms with Crippen molar-refractivity contribution >= 4 is 11.9 Å². The molecule has 19 heavy (non-hydrogen) atoms. The SMILES string of the molecule is O=[N+]([O-])c1ccc(CNN=Cc2ccccc2)cc1. The van der Waals surface area contributed by atoms with Crippen molar-refractivity contribution in [1.82, 2.24) is 5.43 Å². The van der Waals surface area contributed by atoms with Crippen molar-refractivity contribution < 1.29 is 4.92 Å². The second-order valence-electron chi connectivity index (χ2n) is 3.93. The van der Waals surface area contributed by atoms with Crippen molar-refractivity contribution in [1.29, 1.82) is 0 Å². The Kier molecular flexibility index (Phi) is 4.23. The highest BCUT2D eigenvalue weighted by Gasteiger charge is 2.02. The molecule has 2 rings (SSSR count). The van der Waals surface area contributed by atoms with Gasteiger partial charge in [0.2, 0.25) is 0 Å². The molecule has 0 aliphatic rings. The van der Waals surface area contributed by atoms with Crippen molar-refractivity contribution in [2.75, 3.05) is 0 Å². The molecule has 0 amide bonds. The van der Waals surface area contributed by atoms with E-state index in [0.29, 0.717) is 6.54 Å². The lowest BCUT2D eigenvalue weighted by Gasteiger charge is -2.00. The van der Waals surface area contributed by atoms with Crippen LogP contribution in [0.5, 0.6) is 0 Å². The maximum atomic E-state index is 10.5. The summed E-state index contributed by atoms with van der Waals surface area (Å²) >= 11 is 0. The average Bonchev–Trinajstić information content (AvgIpc) is 2.45. The number of non-ortho nitro benzene ring substituents is 1. The predicted molar refractivity (Wildman–Crippen MR) is 74.0 cm³/mol. The summed E-state index contributed by atoms with van der Waals surface area (Å²) in [7, 11) is 0. The highest BCUT2D eigenvalue weighted by Crippen LogP contribution is 2.11. The van der Waals surface area contributed by atoms with Crippen molar-refractivity contribution in [2.24, 2.45) is 5.10 Å². The molecular formula is C14H13N3O2. The smallest absolute Gasteiger partial charge is 0.269 e. The Balaban J connectivity index is 1.86. The molecule has 0 radical (unpaired) electrons. The van der Waals surface area contributed by atoms with E-state index in [-0.39, 0.29) is 5.69 Å². The van der Waals surface area contributed by atoms with Gasteiger partial charge in [0.1, 0.15) is 0 Å². The van der Waals surface area contributed by atoms with Gasteiger partial charge in [-0.25, -0.2) is 0 Å². The molecule has 0 saturated heterocycles. The lowest BCUT2D eigenvalue weighted by molar-refractivity contribution is -0.384. The van der Waals surface area contributed by atoms with Gasteiger partial charge in [-0.3, -0.25) is 10.1 Å². The summed E-state index contributed by atoms with van der Waals surface area (Å²) < 4.78 is 0. The molecule has 0 atom stereocenters. The zero-order valence-corrected chi connectivity index (χ0v) is 10.2. The summed E-state index contributed by atoms with van der Waals surface area (Å²) in [5.74, 6) is 0. The van der Waals surface area contributed by atoms with Crippen molar-refractivity contribution in [3.8, 4) is 0 Å². The minimum Gasteiger partial charge on any atom is -0.306 e. The van der Waals surface area contributed by atoms with Crippen LogP contribution in [0.3, 0.4) is 0 Å². The summed E-state index contributed by atoms with van der Waals surface area (Å²) in [6.07, 6.45) is 1.73. The van der Waals surface area contributed by atoms with Crippen molar-refractivity contribution in [3.05, 3.63) is 75.8 Å². The first-order chi connectivity index (χ1) is 9.25. The zero-order valence-electron chi connectivity index (χ0n) is 10.2. The number of benzene rings is 2. The molecule has 0 unspecified atom stereocenters. The van der Waals surface area contributed by atoms with Gasteiger partial charge in [0.15, 0.2) is 0 Å². The van der Waals surface area contributed by atoms with Crippen LogP contribution in [0, 0.1) is 10.1 Å². The third-order valence-corrected chi connectivity index (χ3v) is 2.53. The minimum absolute atomic E-state index is 0.0940. The minimum atomic E-state index is -0.412. The van der Waals surface area contributed by atoms with E-state index < -0.39 is 4.92 Å². The van der Waals surface area contributed by atoms with Gasteiger partial charge in [-0.2, -0.15) is 5.10 Å². The number of hydrazone groups is 1. The molecule has 5 nitrogen and oxygen atoms in total. The first-order valence-electron chi connectivity index (χ1n) is 5.80. The van der Waals surface area contributed by atoms with E-state index in [2.05, 4.69) is 10.5 Å². The average molecular weight is 255 g/mol. The van der Waals surface area contributed by atoms with Gasteiger partial charge in [-0.05, 0) is 11.1 Å². The van der Waals surface area contributed by atoms with Crippen LogP contribution in [-0.2, 0) is 6.54 Å². The molecule has 5 heteroatoms. The maximum Gasteiger partial charge on any atom is 0.269 e. The largest absolute Gasteiger partial charge is 0.306 e. The van der Waals surface area contributed by atoms with Gasteiger partial charge in [0, 0.05) is 12.1 Å². The Bertz CT molecular complexity index is 565. The highest BCUT2D eigenvalue weighted by atomic mass is 16.6. The van der Waals surface area contributed by atoms with E-state index in [9.17, 15) is 10.1 Å². The van der Waals surface area contributed by atoms with Crippen LogP contribution in [0.1, 0.15) is 11.1 Å². The van der Waals surface area contributed by atoms with E-state index in [1.807, 2.05) is 30.3 Å². The fraction of sp³-hybridized carbons (Fsp3) is 0.0714. The molecule has 0 aliphatic carbocycles. The second kappa shape index (κ2) is 6.30. The fourth-order valence-corrected chi connectivity index (χ4v) is 1.53. The number of rotatable bonds is 5. The Morgan fingerprint density at radius 1 is 1.11 bits per heavy atom. The molecule has 0 aliphatic heterocycles. The van der Waals surface area contributed by atoms with Crippen LogP contribution in [0.15, 0.2) is 59.7 Å². The molecule has 2 aromatic rings. The molecular weight excluding hydrogens is 242 g/mol. The van der Waals surface area contributed by atoms with Crippen LogP contribution in [-0.4, -0.2) is 11.1 Å². The number of hydrogen-bond acceptors (Lipinski definition) is 4. The third kappa shape index (κ3) is 3.92. The molecule has 96 valence electrons. The fourth-order valence-electron chi connectivity index (χ4n) is 1.53. The highest BCUT2D eigenvalue weighted by molar-refractivity contribution is 5.79. The Morgan fingerprint density at radius 2 is 1.79 bits per heavy atom. The summed E-state index contributed by atoms with van der Waals surface area (Å²) in [6.45, 7) is 0.529. The zero-order chi connectivity index (χ0) is 13.5. The lowest BCUT2D eigenvalue weighted by atomic mass is 10.2. The molecule has 0 bridgehead atoms. The monoisotopic (exact) mass is 255 g/mol. The molecule has 1 N–H and O–H groups in total. The molecule has 0 aromatic heterocycles. The Hall–Kier alpha value is -2.69. The summed E-state index contributed by atoms with van der Waals surface area (Å²) in [4.78, 5) is 10.1. The van der Waals surface area contributed by atoms with Gasteiger partial charge >= 0.3 is 0 Å². The first-order valence-corrected chi connectivity index (χ1v) is 5.80. The van der Waals surface area contributed by atoms with Gasteiger partial charge in [0.25, 0.3) is 5.69 Å². The number of nitrogens with one attached hydrogen (secondary N) is 1. The normalized spacial score (nSPS) is 10.5. The van der Waals surface area contributed by atoms with Gasteiger partial charge < -0.3 is 5.43 Å². The number of nitrogens with zero attached hydrogens (tertiary/aromatic N) is 2. The summed E-state index contributed by atoms with van der Waals surface area (Å²) in [5, 5.41) is 14.6. The predicted octanol–water partition coefficient (Wildman–Crippen LogP) is 2.72. The van der Waals surface area contributed by atoms with Crippen molar-refractivity contribution in [3.63, 3.8) is 0 Å². The lowest BCUT2D eigenvalue weighted by Crippen LogP contribution is -2.05. The number of hydrogen-bond donors (Lipinski definition) is 1. The van der Waals surface area contributed by atoms with Crippen LogP contribution >= 0.6 is 0 Å². The van der Waals surface area contributed by atoms with E-state index in [4.69, 9.17) is 0 Å². The second-order valence-corrected chi connectivity index (χ2v) is 3.93. The van der Waals surface area contributed by atoms with Crippen LogP contribution in [0.2, 0.25) is 0 Å². The van der Waals surface area contributed by atoms with Gasteiger partial charge in [-0.15, -0.1) is 0 Å². The van der Waals surface area contributed by atoms with Crippen LogP contribution < -0.4 is 5.43 Å². The molecule has 0 fully saturated rings. The standard InChI is InChI=1S/C14H13N3O2/c18-17(19)14-8-6-13(7-9-14)11-16-15-10-12-4-2-1-3-5-12/h1-10,16H,11H2.